The van der Waals surface area contributed by atoms with Crippen LogP contribution < -0.4 is 0 Å². The number of likely N-dealkylation sites (N-methyl/N-ethyl adjacent to an activating group) is 1. The number of rotatable bonds is 28. The highest BCUT2D eigenvalue weighted by molar-refractivity contribution is 14.1. The van der Waals surface area contributed by atoms with Gasteiger partial charge in [0.05, 0.1) is 27.7 Å². The molecule has 0 saturated carbocycles. The first-order valence-corrected chi connectivity index (χ1v) is 18.5. The van der Waals surface area contributed by atoms with Crippen molar-refractivity contribution < 1.29 is 27.7 Å². The molecule has 0 aliphatic heterocycles. The van der Waals surface area contributed by atoms with E-state index in [1.807, 2.05) is 21.1 Å². The SMILES string of the molecule is C[N+](C)(C)CCOP(=O)(O)OCCCOCCCCCCCCCCCCCCCCCCc1ccc(I)cc1. The van der Waals surface area contributed by atoms with Gasteiger partial charge in [-0.1, -0.05) is 102 Å². The quantitative estimate of drug-likeness (QED) is 0.0410. The van der Waals surface area contributed by atoms with Crippen LogP contribution in [0.5, 0.6) is 0 Å². The predicted molar refractivity (Wildman–Crippen MR) is 177 cm³/mol. The van der Waals surface area contributed by atoms with E-state index in [-0.39, 0.29) is 13.2 Å². The van der Waals surface area contributed by atoms with E-state index < -0.39 is 7.82 Å². The van der Waals surface area contributed by atoms with Gasteiger partial charge in [-0.25, -0.2) is 4.57 Å². The molecule has 40 heavy (non-hydrogen) atoms. The molecule has 0 fully saturated rings. The number of unbranched alkanes of at least 4 members (excludes halogenated alkanes) is 15. The fourth-order valence-corrected chi connectivity index (χ4v) is 5.68. The fourth-order valence-electron chi connectivity index (χ4n) is 4.57. The molecule has 0 radical (unpaired) electrons. The fraction of sp³-hybridized carbons (Fsp3) is 0.812. The summed E-state index contributed by atoms with van der Waals surface area (Å²) in [6, 6.07) is 8.97. The maximum atomic E-state index is 11.8. The van der Waals surface area contributed by atoms with Gasteiger partial charge in [0.15, 0.2) is 0 Å². The molecule has 1 aromatic rings. The number of aryl methyl sites for hydroxylation is 1. The van der Waals surface area contributed by atoms with Crippen molar-refractivity contribution in [3.8, 4) is 0 Å². The summed E-state index contributed by atoms with van der Waals surface area (Å²) in [5, 5.41) is 0. The van der Waals surface area contributed by atoms with Crippen LogP contribution in [0.1, 0.15) is 115 Å². The average Bonchev–Trinajstić information content (AvgIpc) is 2.89. The third-order valence-electron chi connectivity index (χ3n) is 7.12. The lowest BCUT2D eigenvalue weighted by atomic mass is 10.0. The van der Waals surface area contributed by atoms with Crippen molar-refractivity contribution in [2.24, 2.45) is 0 Å². The zero-order valence-corrected chi connectivity index (χ0v) is 29.0. The number of benzene rings is 1. The molecular weight excluding hydrogens is 636 g/mol. The molecule has 6 nitrogen and oxygen atoms in total. The highest BCUT2D eigenvalue weighted by Gasteiger charge is 2.22. The van der Waals surface area contributed by atoms with E-state index in [9.17, 15) is 9.46 Å². The summed E-state index contributed by atoms with van der Waals surface area (Å²) in [6.45, 7) is 2.32. The van der Waals surface area contributed by atoms with Crippen LogP contribution >= 0.6 is 30.4 Å². The normalized spacial score (nSPS) is 13.5. The largest absolute Gasteiger partial charge is 0.472 e. The Morgan fingerprint density at radius 3 is 1.55 bits per heavy atom. The molecule has 234 valence electrons. The highest BCUT2D eigenvalue weighted by Crippen LogP contribution is 2.43. The summed E-state index contributed by atoms with van der Waals surface area (Å²) < 4.78 is 29.4. The first-order valence-electron chi connectivity index (χ1n) is 15.9. The Balaban J connectivity index is 1.72. The lowest BCUT2D eigenvalue weighted by molar-refractivity contribution is -0.870. The van der Waals surface area contributed by atoms with Gasteiger partial charge in [0.1, 0.15) is 13.2 Å². The molecule has 0 amide bonds. The summed E-state index contributed by atoms with van der Waals surface area (Å²) in [4.78, 5) is 9.67. The monoisotopic (exact) mass is 696 g/mol. The second-order valence-corrected chi connectivity index (χ2v) is 14.8. The van der Waals surface area contributed by atoms with Gasteiger partial charge in [0.25, 0.3) is 0 Å². The number of ether oxygens (including phenoxy) is 1. The molecule has 0 saturated heterocycles. The van der Waals surface area contributed by atoms with Crippen LogP contribution in [0.15, 0.2) is 24.3 Å². The molecule has 0 aliphatic carbocycles. The van der Waals surface area contributed by atoms with Crippen molar-refractivity contribution in [1.29, 1.82) is 0 Å². The lowest BCUT2D eigenvalue weighted by Crippen LogP contribution is -2.37. The van der Waals surface area contributed by atoms with Gasteiger partial charge in [-0.2, -0.15) is 0 Å². The molecule has 0 heterocycles. The molecule has 1 rings (SSSR count). The molecule has 0 aliphatic rings. The van der Waals surface area contributed by atoms with Gasteiger partial charge in [-0.15, -0.1) is 0 Å². The second kappa shape index (κ2) is 24.4. The number of phosphoric ester groups is 1. The van der Waals surface area contributed by atoms with Gasteiger partial charge >= 0.3 is 7.82 Å². The van der Waals surface area contributed by atoms with E-state index in [2.05, 4.69) is 46.9 Å². The zero-order chi connectivity index (χ0) is 29.4. The third-order valence-corrected chi connectivity index (χ3v) is 8.86. The Labute approximate surface area is 260 Å². The van der Waals surface area contributed by atoms with Crippen LogP contribution in [0.25, 0.3) is 0 Å². The van der Waals surface area contributed by atoms with E-state index in [4.69, 9.17) is 13.8 Å². The van der Waals surface area contributed by atoms with Crippen molar-refractivity contribution in [1.82, 2.24) is 0 Å². The van der Waals surface area contributed by atoms with Crippen molar-refractivity contribution >= 4 is 30.4 Å². The van der Waals surface area contributed by atoms with E-state index in [1.54, 1.807) is 0 Å². The van der Waals surface area contributed by atoms with Crippen LogP contribution in [0.4, 0.5) is 0 Å². The van der Waals surface area contributed by atoms with E-state index in [0.717, 1.165) is 13.0 Å². The summed E-state index contributed by atoms with van der Waals surface area (Å²) in [6.07, 6.45) is 23.5. The highest BCUT2D eigenvalue weighted by atomic mass is 127. The van der Waals surface area contributed by atoms with Crippen LogP contribution in [0.3, 0.4) is 0 Å². The Hall–Kier alpha value is -0.0200. The lowest BCUT2D eigenvalue weighted by Gasteiger charge is -2.24. The number of hydrogen-bond acceptors (Lipinski definition) is 4. The van der Waals surface area contributed by atoms with E-state index >= 15 is 0 Å². The predicted octanol–water partition coefficient (Wildman–Crippen LogP) is 9.32. The summed E-state index contributed by atoms with van der Waals surface area (Å²) in [7, 11) is 2.06. The minimum absolute atomic E-state index is 0.174. The zero-order valence-electron chi connectivity index (χ0n) is 25.9. The number of hydrogen-bond donors (Lipinski definition) is 1. The van der Waals surface area contributed by atoms with Crippen molar-refractivity contribution in [2.45, 2.75) is 116 Å². The smallest absolute Gasteiger partial charge is 0.381 e. The Morgan fingerprint density at radius 1 is 0.625 bits per heavy atom. The van der Waals surface area contributed by atoms with Crippen LogP contribution in [-0.2, 0) is 24.8 Å². The molecule has 1 unspecified atom stereocenters. The first-order chi connectivity index (χ1) is 19.2. The maximum Gasteiger partial charge on any atom is 0.472 e. The molecule has 0 bridgehead atoms. The summed E-state index contributed by atoms with van der Waals surface area (Å²) in [5.41, 5.74) is 1.48. The van der Waals surface area contributed by atoms with E-state index in [0.29, 0.717) is 24.1 Å². The van der Waals surface area contributed by atoms with Crippen molar-refractivity contribution in [2.75, 3.05) is 54.1 Å². The van der Waals surface area contributed by atoms with Gasteiger partial charge in [-0.3, -0.25) is 9.05 Å². The maximum absolute atomic E-state index is 11.8. The van der Waals surface area contributed by atoms with E-state index in [1.165, 1.54) is 112 Å². The summed E-state index contributed by atoms with van der Waals surface area (Å²) >= 11 is 2.37. The average molecular weight is 697 g/mol. The van der Waals surface area contributed by atoms with Crippen LogP contribution in [-0.4, -0.2) is 63.5 Å². The summed E-state index contributed by atoms with van der Waals surface area (Å²) in [5.74, 6) is 0. The molecule has 0 aromatic heterocycles. The minimum Gasteiger partial charge on any atom is -0.381 e. The van der Waals surface area contributed by atoms with Crippen molar-refractivity contribution in [3.63, 3.8) is 0 Å². The molecule has 8 heteroatoms. The van der Waals surface area contributed by atoms with Gasteiger partial charge in [0, 0.05) is 16.8 Å². The molecular formula is C32H60INO5P+. The Morgan fingerprint density at radius 2 is 1.05 bits per heavy atom. The van der Waals surface area contributed by atoms with Gasteiger partial charge < -0.3 is 14.1 Å². The van der Waals surface area contributed by atoms with Gasteiger partial charge in [-0.05, 0) is 66.0 Å². The third kappa shape index (κ3) is 25.7. The topological polar surface area (TPSA) is 65.0 Å². The number of quaternary nitrogens is 1. The number of halogens is 1. The Kier molecular flexibility index (Phi) is 23.2. The second-order valence-electron chi connectivity index (χ2n) is 12.1. The van der Waals surface area contributed by atoms with Gasteiger partial charge in [0.2, 0.25) is 0 Å². The number of nitrogens with zero attached hydrogens (tertiary/aromatic N) is 1. The standard InChI is InChI=1S/C32H59INO5P/c1-34(2,3)26-30-39-40(35,36)38-29-20-28-37-27-19-17-15-13-11-9-7-5-4-6-8-10-12-14-16-18-21-31-22-24-32(33)25-23-31/h22-25H,4-21,26-30H2,1-3H3/p+1. The molecule has 1 N–H and O–H groups in total. The molecule has 1 atom stereocenters. The Bertz CT molecular complexity index is 757. The van der Waals surface area contributed by atoms with Crippen LogP contribution in [0, 0.1) is 3.57 Å². The molecule has 0 spiro atoms. The first kappa shape index (κ1) is 38.0. The minimum atomic E-state index is -3.95. The molecule has 1 aromatic carbocycles. The number of phosphoric acid groups is 1. The van der Waals surface area contributed by atoms with Crippen LogP contribution in [0.2, 0.25) is 0 Å². The van der Waals surface area contributed by atoms with Crippen molar-refractivity contribution in [3.05, 3.63) is 33.4 Å².